The Bertz CT molecular complexity index is 868. The molecular weight excluding hydrogens is 390 g/mol. The molecule has 0 spiro atoms. The number of carbonyl (C=O) groups is 3. The van der Waals surface area contributed by atoms with Crippen LogP contribution in [0.2, 0.25) is 0 Å². The fraction of sp³-hybridized carbons (Fsp3) is 0.450. The Balaban J connectivity index is 2.11. The van der Waals surface area contributed by atoms with E-state index in [-0.39, 0.29) is 12.8 Å². The van der Waals surface area contributed by atoms with Gasteiger partial charge in [-0.05, 0) is 37.4 Å². The number of fused-ring (bicyclic) bond motifs is 1. The minimum Gasteiger partial charge on any atom is -0.480 e. The van der Waals surface area contributed by atoms with E-state index in [1.165, 1.54) is 0 Å². The van der Waals surface area contributed by atoms with E-state index in [9.17, 15) is 19.5 Å². The number of nitrogens with one attached hydrogen (secondary N) is 3. The van der Waals surface area contributed by atoms with Gasteiger partial charge in [-0.1, -0.05) is 18.2 Å². The highest BCUT2D eigenvalue weighted by molar-refractivity contribution is 5.92. The van der Waals surface area contributed by atoms with Crippen molar-refractivity contribution in [1.29, 1.82) is 0 Å². The minimum atomic E-state index is -1.19. The highest BCUT2D eigenvalue weighted by Gasteiger charge is 2.28. The molecule has 0 aliphatic heterocycles. The third kappa shape index (κ3) is 6.28. The van der Waals surface area contributed by atoms with E-state index in [0.717, 1.165) is 16.5 Å². The first-order chi connectivity index (χ1) is 14.4. The van der Waals surface area contributed by atoms with E-state index >= 15 is 0 Å². The van der Waals surface area contributed by atoms with Crippen LogP contribution in [0.3, 0.4) is 0 Å². The molecule has 2 amide bonds. The van der Waals surface area contributed by atoms with E-state index in [4.69, 9.17) is 16.6 Å². The number of aliphatic carboxylic acids is 1. The molecule has 10 heteroatoms. The highest BCUT2D eigenvalue weighted by atomic mass is 16.4. The number of carbonyl (C=O) groups excluding carboxylic acids is 2. The second kappa shape index (κ2) is 11.3. The third-order valence-electron chi connectivity index (χ3n) is 4.83. The van der Waals surface area contributed by atoms with Gasteiger partial charge in [0.1, 0.15) is 18.1 Å². The molecule has 3 atom stereocenters. The molecule has 164 valence electrons. The Morgan fingerprint density at radius 1 is 1.07 bits per heavy atom. The summed E-state index contributed by atoms with van der Waals surface area (Å²) >= 11 is 0. The van der Waals surface area contributed by atoms with Gasteiger partial charge in [-0.3, -0.25) is 9.59 Å². The number of nitrogens with two attached hydrogens (primary N) is 2. The molecule has 2 aromatic rings. The third-order valence-corrected chi connectivity index (χ3v) is 4.83. The van der Waals surface area contributed by atoms with Gasteiger partial charge in [-0.2, -0.15) is 0 Å². The zero-order chi connectivity index (χ0) is 22.1. The molecule has 0 fully saturated rings. The van der Waals surface area contributed by atoms with Crippen molar-refractivity contribution in [3.05, 3.63) is 36.0 Å². The van der Waals surface area contributed by atoms with Gasteiger partial charge in [0.15, 0.2) is 0 Å². The van der Waals surface area contributed by atoms with Crippen LogP contribution in [0.1, 0.15) is 24.8 Å². The van der Waals surface area contributed by atoms with Crippen LogP contribution in [0.25, 0.3) is 10.9 Å². The van der Waals surface area contributed by atoms with Crippen LogP contribution < -0.4 is 22.1 Å². The number of hydrogen-bond donors (Lipinski definition) is 7. The molecule has 1 aromatic heterocycles. The number of aliphatic hydroxyl groups excluding tert-OH is 1. The van der Waals surface area contributed by atoms with Crippen molar-refractivity contribution >= 4 is 28.7 Å². The number of amides is 2. The molecule has 0 bridgehead atoms. The molecule has 30 heavy (non-hydrogen) atoms. The number of unbranched alkanes of at least 4 members (excludes halogenated alkanes) is 1. The molecule has 0 saturated carbocycles. The van der Waals surface area contributed by atoms with Crippen LogP contribution in [0.15, 0.2) is 30.5 Å². The smallest absolute Gasteiger partial charge is 0.326 e. The van der Waals surface area contributed by atoms with Crippen LogP contribution in [0, 0.1) is 0 Å². The Kier molecular flexibility index (Phi) is 8.78. The summed E-state index contributed by atoms with van der Waals surface area (Å²) in [5.41, 5.74) is 12.6. The monoisotopic (exact) mass is 419 g/mol. The van der Waals surface area contributed by atoms with Crippen LogP contribution in [0.4, 0.5) is 0 Å². The molecule has 9 N–H and O–H groups in total. The van der Waals surface area contributed by atoms with Gasteiger partial charge in [-0.25, -0.2) is 4.79 Å². The number of carboxylic acids is 1. The van der Waals surface area contributed by atoms with Crippen LogP contribution in [-0.2, 0) is 20.8 Å². The lowest BCUT2D eigenvalue weighted by molar-refractivity contribution is -0.142. The number of para-hydroxylation sites is 1. The van der Waals surface area contributed by atoms with Gasteiger partial charge >= 0.3 is 5.97 Å². The van der Waals surface area contributed by atoms with E-state index < -0.39 is 42.5 Å². The summed E-state index contributed by atoms with van der Waals surface area (Å²) in [4.78, 5) is 39.6. The maximum absolute atomic E-state index is 12.8. The molecule has 0 aliphatic rings. The van der Waals surface area contributed by atoms with Gasteiger partial charge in [0, 0.05) is 23.5 Å². The largest absolute Gasteiger partial charge is 0.480 e. The average molecular weight is 419 g/mol. The summed E-state index contributed by atoms with van der Waals surface area (Å²) in [5, 5.41) is 24.5. The molecule has 1 heterocycles. The van der Waals surface area contributed by atoms with Crippen molar-refractivity contribution in [3.8, 4) is 0 Å². The first kappa shape index (κ1) is 23.3. The fourth-order valence-corrected chi connectivity index (χ4v) is 3.12. The van der Waals surface area contributed by atoms with Crippen molar-refractivity contribution < 1.29 is 24.6 Å². The normalized spacial score (nSPS) is 14.1. The highest BCUT2D eigenvalue weighted by Crippen LogP contribution is 2.19. The molecule has 0 radical (unpaired) electrons. The van der Waals surface area contributed by atoms with Gasteiger partial charge < -0.3 is 37.3 Å². The number of aliphatic hydroxyl groups is 1. The number of carboxylic acid groups (broad SMARTS) is 1. The summed E-state index contributed by atoms with van der Waals surface area (Å²) in [6.45, 7) is -0.141. The second-order valence-corrected chi connectivity index (χ2v) is 7.10. The summed E-state index contributed by atoms with van der Waals surface area (Å²) < 4.78 is 0. The van der Waals surface area contributed by atoms with Crippen LogP contribution in [-0.4, -0.2) is 64.3 Å². The minimum absolute atomic E-state index is 0.0741. The number of aromatic nitrogens is 1. The van der Waals surface area contributed by atoms with Crippen molar-refractivity contribution in [2.75, 3.05) is 13.2 Å². The zero-order valence-corrected chi connectivity index (χ0v) is 16.6. The standard InChI is InChI=1S/C20H29N5O5/c21-8-4-3-7-16(24-18(27)14(22)11-26)19(28)25-17(20(29)30)9-12-10-23-15-6-2-1-5-13(12)15/h1-2,5-6,10,14,16-17,23,26H,3-4,7-9,11,21-22H2,(H,24,27)(H,25,28)(H,29,30)/t14-,16-,17-/m0/s1. The topological polar surface area (TPSA) is 184 Å². The Labute approximate surface area is 174 Å². The SMILES string of the molecule is NCCCC[C@H](NC(=O)[C@@H](N)CO)C(=O)N[C@@H](Cc1c[nH]c2ccccc12)C(=O)O. The van der Waals surface area contributed by atoms with E-state index in [1.54, 1.807) is 6.20 Å². The van der Waals surface area contributed by atoms with Gasteiger partial charge in [0.2, 0.25) is 11.8 Å². The number of H-pyrrole nitrogens is 1. The molecule has 2 rings (SSSR count). The molecule has 0 aliphatic carbocycles. The average Bonchev–Trinajstić information content (AvgIpc) is 3.14. The molecule has 0 saturated heterocycles. The summed E-state index contributed by atoms with van der Waals surface area (Å²) in [5.74, 6) is -2.50. The second-order valence-electron chi connectivity index (χ2n) is 7.10. The lowest BCUT2D eigenvalue weighted by atomic mass is 10.0. The van der Waals surface area contributed by atoms with Gasteiger partial charge in [0.05, 0.1) is 6.61 Å². The predicted molar refractivity (Wildman–Crippen MR) is 111 cm³/mol. The van der Waals surface area contributed by atoms with Crippen LogP contribution in [0.5, 0.6) is 0 Å². The molecular formula is C20H29N5O5. The van der Waals surface area contributed by atoms with Gasteiger partial charge in [-0.15, -0.1) is 0 Å². The van der Waals surface area contributed by atoms with Gasteiger partial charge in [0.25, 0.3) is 0 Å². The Hall–Kier alpha value is -2.95. The zero-order valence-electron chi connectivity index (χ0n) is 16.6. The van der Waals surface area contributed by atoms with Crippen molar-refractivity contribution in [3.63, 3.8) is 0 Å². The fourth-order valence-electron chi connectivity index (χ4n) is 3.12. The quantitative estimate of drug-likeness (QED) is 0.220. The number of rotatable bonds is 12. The number of benzene rings is 1. The number of aromatic amines is 1. The lowest BCUT2D eigenvalue weighted by Crippen LogP contribution is -2.55. The van der Waals surface area contributed by atoms with Crippen molar-refractivity contribution in [2.45, 2.75) is 43.8 Å². The summed E-state index contributed by atoms with van der Waals surface area (Å²) in [7, 11) is 0. The Morgan fingerprint density at radius 2 is 1.77 bits per heavy atom. The predicted octanol–water partition coefficient (Wildman–Crippen LogP) is -0.787. The summed E-state index contributed by atoms with van der Waals surface area (Å²) in [6, 6.07) is 4.13. The lowest BCUT2D eigenvalue weighted by Gasteiger charge is -2.22. The first-order valence-electron chi connectivity index (χ1n) is 9.82. The van der Waals surface area contributed by atoms with Crippen molar-refractivity contribution in [1.82, 2.24) is 15.6 Å². The first-order valence-corrected chi connectivity index (χ1v) is 9.82. The maximum atomic E-state index is 12.8. The molecule has 0 unspecified atom stereocenters. The number of hydrogen-bond acceptors (Lipinski definition) is 6. The molecule has 1 aromatic carbocycles. The maximum Gasteiger partial charge on any atom is 0.326 e. The molecule has 10 nitrogen and oxygen atoms in total. The Morgan fingerprint density at radius 3 is 2.43 bits per heavy atom. The van der Waals surface area contributed by atoms with E-state index in [1.807, 2.05) is 24.3 Å². The van der Waals surface area contributed by atoms with E-state index in [2.05, 4.69) is 15.6 Å². The van der Waals surface area contributed by atoms with Crippen molar-refractivity contribution in [2.24, 2.45) is 11.5 Å². The van der Waals surface area contributed by atoms with Crippen LogP contribution >= 0.6 is 0 Å². The summed E-state index contributed by atoms with van der Waals surface area (Å²) in [6.07, 6.45) is 3.26. The van der Waals surface area contributed by atoms with E-state index in [0.29, 0.717) is 19.4 Å².